The Morgan fingerprint density at radius 2 is 1.95 bits per heavy atom. The summed E-state index contributed by atoms with van der Waals surface area (Å²) in [6, 6.07) is 9.87. The molecule has 12 nitrogen and oxygen atoms in total. The maximum atomic E-state index is 12.9. The number of anilines is 1. The van der Waals surface area contributed by atoms with Crippen molar-refractivity contribution in [1.82, 2.24) is 25.2 Å². The van der Waals surface area contributed by atoms with E-state index >= 15 is 0 Å². The normalized spacial score (nSPS) is 16.9. The van der Waals surface area contributed by atoms with Crippen molar-refractivity contribution in [3.63, 3.8) is 0 Å². The number of para-hydroxylation sites is 1. The second-order valence-corrected chi connectivity index (χ2v) is 10.3. The van der Waals surface area contributed by atoms with Gasteiger partial charge in [0.15, 0.2) is 5.58 Å². The van der Waals surface area contributed by atoms with Gasteiger partial charge in [-0.1, -0.05) is 29.8 Å². The molecule has 0 saturated carbocycles. The van der Waals surface area contributed by atoms with Gasteiger partial charge in [0.05, 0.1) is 5.02 Å². The number of nitrogens with zero attached hydrogens (tertiary/aromatic N) is 3. The molecule has 0 bridgehead atoms. The minimum atomic E-state index is -0.943. The fraction of sp³-hybridized carbons (Fsp3) is 0.385. The number of amides is 4. The Morgan fingerprint density at radius 1 is 1.21 bits per heavy atom. The van der Waals surface area contributed by atoms with E-state index in [1.807, 2.05) is 29.2 Å². The van der Waals surface area contributed by atoms with Crippen LogP contribution in [0.4, 0.5) is 15.3 Å². The van der Waals surface area contributed by atoms with Gasteiger partial charge in [0.25, 0.3) is 0 Å². The number of benzene rings is 2. The van der Waals surface area contributed by atoms with E-state index in [9.17, 15) is 19.2 Å². The summed E-state index contributed by atoms with van der Waals surface area (Å²) >= 11 is 6.26. The molecule has 0 aliphatic carbocycles. The number of fused-ring (bicyclic) bond motifs is 2. The van der Waals surface area contributed by atoms with E-state index in [2.05, 4.69) is 15.6 Å². The van der Waals surface area contributed by atoms with E-state index in [0.29, 0.717) is 43.6 Å². The molecule has 39 heavy (non-hydrogen) atoms. The summed E-state index contributed by atoms with van der Waals surface area (Å²) in [7, 11) is 3.17. The zero-order chi connectivity index (χ0) is 27.7. The standard InChI is InChI=1S/C26H29ClN6O6/c1-31(2)23(34)20(12-15-11-18(27)22-21(13-15)38-25(36)30-22)29-26(37)39-32-9-7-17(8-10-32)33-14-16-5-3-4-6-19(16)28-24(33)35/h3-6,11,13,17,20H,7-10,12,14H2,1-2H3,(H,28,35)(H,29,37)(H,30,36). The lowest BCUT2D eigenvalue weighted by Crippen LogP contribution is -2.52. The van der Waals surface area contributed by atoms with Crippen LogP contribution >= 0.6 is 11.6 Å². The first-order chi connectivity index (χ1) is 18.7. The molecule has 5 rings (SSSR count). The van der Waals surface area contributed by atoms with Gasteiger partial charge in [0, 0.05) is 51.9 Å². The minimum Gasteiger partial charge on any atom is -0.408 e. The molecule has 1 atom stereocenters. The van der Waals surface area contributed by atoms with E-state index in [1.54, 1.807) is 26.2 Å². The number of carbonyl (C=O) groups excluding carboxylic acids is 3. The SMILES string of the molecule is CN(C)C(=O)C(Cc1cc(Cl)c2[nH]c(=O)oc2c1)NC(=O)ON1CCC(N2Cc3ccccc3NC2=O)CC1. The van der Waals surface area contributed by atoms with Gasteiger partial charge in [-0.15, -0.1) is 5.06 Å². The van der Waals surface area contributed by atoms with Crippen molar-refractivity contribution < 1.29 is 23.6 Å². The maximum Gasteiger partial charge on any atom is 0.426 e. The Morgan fingerprint density at radius 3 is 2.69 bits per heavy atom. The lowest BCUT2D eigenvalue weighted by atomic mass is 10.0. The van der Waals surface area contributed by atoms with Crippen molar-refractivity contribution >= 4 is 46.4 Å². The van der Waals surface area contributed by atoms with Gasteiger partial charge >= 0.3 is 17.9 Å². The Labute approximate surface area is 228 Å². The monoisotopic (exact) mass is 556 g/mol. The molecule has 3 aromatic rings. The summed E-state index contributed by atoms with van der Waals surface area (Å²) in [5.74, 6) is -0.977. The number of H-pyrrole nitrogens is 1. The highest BCUT2D eigenvalue weighted by Gasteiger charge is 2.33. The summed E-state index contributed by atoms with van der Waals surface area (Å²) in [4.78, 5) is 61.0. The number of hydroxylamine groups is 2. The largest absolute Gasteiger partial charge is 0.426 e. The number of oxazole rings is 1. The van der Waals surface area contributed by atoms with Gasteiger partial charge in [0.2, 0.25) is 5.91 Å². The van der Waals surface area contributed by atoms with Gasteiger partial charge < -0.3 is 29.7 Å². The van der Waals surface area contributed by atoms with Crippen LogP contribution in [-0.4, -0.2) is 77.1 Å². The molecule has 3 N–H and O–H groups in total. The van der Waals surface area contributed by atoms with Gasteiger partial charge in [-0.3, -0.25) is 9.78 Å². The molecule has 4 amide bonds. The predicted octanol–water partition coefficient (Wildman–Crippen LogP) is 2.93. The van der Waals surface area contributed by atoms with E-state index in [4.69, 9.17) is 20.9 Å². The Hall–Kier alpha value is -4.03. The summed E-state index contributed by atoms with van der Waals surface area (Å²) in [6.07, 6.45) is 0.593. The van der Waals surface area contributed by atoms with E-state index in [1.165, 1.54) is 9.96 Å². The number of rotatable bonds is 6. The quantitative estimate of drug-likeness (QED) is 0.424. The van der Waals surface area contributed by atoms with Gasteiger partial charge in [-0.05, 0) is 42.2 Å². The minimum absolute atomic E-state index is 0.0116. The molecular weight excluding hydrogens is 528 g/mol. The fourth-order valence-electron chi connectivity index (χ4n) is 4.98. The van der Waals surface area contributed by atoms with Crippen molar-refractivity contribution in [2.75, 3.05) is 32.5 Å². The fourth-order valence-corrected chi connectivity index (χ4v) is 5.26. The van der Waals surface area contributed by atoms with Crippen LogP contribution in [0.25, 0.3) is 11.1 Å². The summed E-state index contributed by atoms with van der Waals surface area (Å²) in [5, 5.41) is 7.39. The third-order valence-electron chi connectivity index (χ3n) is 6.95. The molecule has 1 aromatic heterocycles. The highest BCUT2D eigenvalue weighted by molar-refractivity contribution is 6.34. The van der Waals surface area contributed by atoms with Crippen molar-refractivity contribution in [3.05, 3.63) is 63.1 Å². The molecular formula is C26H29ClN6O6. The van der Waals surface area contributed by atoms with Crippen molar-refractivity contribution in [3.8, 4) is 0 Å². The van der Waals surface area contributed by atoms with Crippen LogP contribution in [-0.2, 0) is 22.6 Å². The summed E-state index contributed by atoms with van der Waals surface area (Å²) in [5.41, 5.74) is 3.11. The van der Waals surface area contributed by atoms with Crippen LogP contribution in [0, 0.1) is 0 Å². The number of urea groups is 1. The zero-order valence-corrected chi connectivity index (χ0v) is 22.3. The van der Waals surface area contributed by atoms with Crippen molar-refractivity contribution in [2.45, 2.75) is 37.9 Å². The third-order valence-corrected chi connectivity index (χ3v) is 7.25. The van der Waals surface area contributed by atoms with E-state index in [-0.39, 0.29) is 35.0 Å². The first-order valence-electron chi connectivity index (χ1n) is 12.6. The number of hydrogen-bond donors (Lipinski definition) is 3. The topological polar surface area (TPSA) is 140 Å². The number of likely N-dealkylation sites (N-methyl/N-ethyl adjacent to an activating group) is 1. The predicted molar refractivity (Wildman–Crippen MR) is 143 cm³/mol. The molecule has 2 aromatic carbocycles. The van der Waals surface area contributed by atoms with Gasteiger partial charge in [-0.2, -0.15) is 0 Å². The number of nitrogens with one attached hydrogen (secondary N) is 3. The zero-order valence-electron chi connectivity index (χ0n) is 21.5. The van der Waals surface area contributed by atoms with Gasteiger partial charge in [-0.25, -0.2) is 14.4 Å². The van der Waals surface area contributed by atoms with Crippen LogP contribution in [0.15, 0.2) is 45.6 Å². The van der Waals surface area contributed by atoms with Crippen LogP contribution in [0.2, 0.25) is 5.02 Å². The molecule has 0 radical (unpaired) electrons. The number of aromatic nitrogens is 1. The number of halogens is 1. The summed E-state index contributed by atoms with van der Waals surface area (Å²) in [6.45, 7) is 1.41. The second kappa shape index (κ2) is 11.0. The lowest BCUT2D eigenvalue weighted by molar-refractivity contribution is -0.133. The average Bonchev–Trinajstić information content (AvgIpc) is 3.28. The summed E-state index contributed by atoms with van der Waals surface area (Å²) < 4.78 is 5.10. The third kappa shape index (κ3) is 5.86. The smallest absolute Gasteiger partial charge is 0.408 e. The molecule has 1 fully saturated rings. The molecule has 1 saturated heterocycles. The molecule has 3 heterocycles. The molecule has 206 valence electrons. The van der Waals surface area contributed by atoms with E-state index in [0.717, 1.165) is 11.3 Å². The maximum absolute atomic E-state index is 12.9. The highest BCUT2D eigenvalue weighted by atomic mass is 35.5. The van der Waals surface area contributed by atoms with Gasteiger partial charge in [0.1, 0.15) is 11.6 Å². The molecule has 13 heteroatoms. The van der Waals surface area contributed by atoms with Crippen LogP contribution in [0.1, 0.15) is 24.0 Å². The van der Waals surface area contributed by atoms with Crippen LogP contribution < -0.4 is 16.4 Å². The first kappa shape index (κ1) is 26.6. The Balaban J connectivity index is 1.18. The number of aromatic amines is 1. The lowest BCUT2D eigenvalue weighted by Gasteiger charge is -2.39. The molecule has 2 aliphatic heterocycles. The number of hydrogen-bond acceptors (Lipinski definition) is 7. The van der Waals surface area contributed by atoms with E-state index < -0.39 is 17.9 Å². The van der Waals surface area contributed by atoms with Crippen LogP contribution in [0.3, 0.4) is 0 Å². The number of carbonyl (C=O) groups is 3. The second-order valence-electron chi connectivity index (χ2n) is 9.85. The highest BCUT2D eigenvalue weighted by Crippen LogP contribution is 2.28. The number of piperidine rings is 1. The molecule has 2 aliphatic rings. The Bertz CT molecular complexity index is 1460. The van der Waals surface area contributed by atoms with Crippen molar-refractivity contribution in [1.29, 1.82) is 0 Å². The van der Waals surface area contributed by atoms with Crippen LogP contribution in [0.5, 0.6) is 0 Å². The average molecular weight is 557 g/mol. The van der Waals surface area contributed by atoms with Crippen molar-refractivity contribution in [2.24, 2.45) is 0 Å². The Kier molecular flexibility index (Phi) is 7.49. The molecule has 0 spiro atoms. The first-order valence-corrected chi connectivity index (χ1v) is 13.0. The molecule has 1 unspecified atom stereocenters.